The molecule has 17 heavy (non-hydrogen) atoms. The summed E-state index contributed by atoms with van der Waals surface area (Å²) < 4.78 is 13.9. The first kappa shape index (κ1) is 14.6. The van der Waals surface area contributed by atoms with Gasteiger partial charge in [0.2, 0.25) is 5.95 Å². The third-order valence-electron chi connectivity index (χ3n) is 3.43. The van der Waals surface area contributed by atoms with Crippen LogP contribution in [-0.4, -0.2) is 9.97 Å². The number of rotatable bonds is 6. The summed E-state index contributed by atoms with van der Waals surface area (Å²) in [7, 11) is 0. The van der Waals surface area contributed by atoms with Crippen molar-refractivity contribution in [3.05, 3.63) is 22.4 Å². The van der Waals surface area contributed by atoms with Crippen molar-refractivity contribution in [2.75, 3.05) is 0 Å². The van der Waals surface area contributed by atoms with Crippen molar-refractivity contribution in [3.8, 4) is 0 Å². The quantitative estimate of drug-likeness (QED) is 0.566. The lowest BCUT2D eigenvalue weighted by Crippen LogP contribution is -2.23. The maximum Gasteiger partial charge on any atom is 0.230 e. The van der Waals surface area contributed by atoms with Gasteiger partial charge in [0.05, 0.1) is 10.2 Å². The lowest BCUT2D eigenvalue weighted by atomic mass is 9.79. The highest BCUT2D eigenvalue weighted by molar-refractivity contribution is 9.10. The monoisotopic (exact) mass is 302 g/mol. The van der Waals surface area contributed by atoms with E-state index in [2.05, 4.69) is 46.7 Å². The number of unbranched alkanes of at least 4 members (excludes halogenated alkanes) is 2. The Morgan fingerprint density at radius 1 is 1.29 bits per heavy atom. The molecule has 0 N–H and O–H groups in total. The topological polar surface area (TPSA) is 25.8 Å². The Morgan fingerprint density at radius 3 is 2.59 bits per heavy atom. The number of nitrogens with zero attached hydrogens (tertiary/aromatic N) is 2. The minimum Gasteiger partial charge on any atom is -0.239 e. The molecule has 1 aromatic rings. The second-order valence-corrected chi connectivity index (χ2v) is 5.49. The summed E-state index contributed by atoms with van der Waals surface area (Å²) in [5, 5.41) is 0. The SMILES string of the molecule is CCCCCC(C)(CC)c1ncnc(F)c1Br. The van der Waals surface area contributed by atoms with Crippen LogP contribution in [0.2, 0.25) is 0 Å². The number of hydrogen-bond acceptors (Lipinski definition) is 2. The fourth-order valence-electron chi connectivity index (χ4n) is 2.00. The van der Waals surface area contributed by atoms with E-state index in [1.807, 2.05) is 0 Å². The minimum atomic E-state index is -0.467. The zero-order valence-corrected chi connectivity index (χ0v) is 12.3. The van der Waals surface area contributed by atoms with E-state index in [1.165, 1.54) is 19.2 Å². The van der Waals surface area contributed by atoms with E-state index in [1.54, 1.807) is 0 Å². The van der Waals surface area contributed by atoms with Gasteiger partial charge in [-0.25, -0.2) is 9.97 Å². The Bertz CT molecular complexity index is 370. The largest absolute Gasteiger partial charge is 0.239 e. The molecule has 0 aromatic carbocycles. The Hall–Kier alpha value is -0.510. The smallest absolute Gasteiger partial charge is 0.230 e. The molecule has 1 unspecified atom stereocenters. The fraction of sp³-hybridized carbons (Fsp3) is 0.692. The van der Waals surface area contributed by atoms with Gasteiger partial charge in [0, 0.05) is 5.41 Å². The highest BCUT2D eigenvalue weighted by Gasteiger charge is 2.29. The summed E-state index contributed by atoms with van der Waals surface area (Å²) in [4.78, 5) is 7.82. The predicted octanol–water partition coefficient (Wildman–Crippen LogP) is 4.63. The van der Waals surface area contributed by atoms with E-state index in [0.717, 1.165) is 25.0 Å². The molecule has 0 amide bonds. The van der Waals surface area contributed by atoms with Crippen LogP contribution in [0.5, 0.6) is 0 Å². The zero-order valence-electron chi connectivity index (χ0n) is 10.8. The Labute approximate surface area is 111 Å². The van der Waals surface area contributed by atoms with Crippen molar-refractivity contribution >= 4 is 15.9 Å². The molecule has 0 radical (unpaired) electrons. The molecule has 0 fully saturated rings. The van der Waals surface area contributed by atoms with Gasteiger partial charge < -0.3 is 0 Å². The number of halogens is 2. The summed E-state index contributed by atoms with van der Waals surface area (Å²) in [5.74, 6) is -0.467. The molecule has 1 aromatic heterocycles. The van der Waals surface area contributed by atoms with E-state index in [9.17, 15) is 4.39 Å². The van der Waals surface area contributed by atoms with Gasteiger partial charge in [0.1, 0.15) is 6.33 Å². The third kappa shape index (κ3) is 3.47. The molecule has 1 rings (SSSR count). The van der Waals surface area contributed by atoms with Crippen LogP contribution in [0.1, 0.15) is 58.6 Å². The molecule has 0 aliphatic rings. The van der Waals surface area contributed by atoms with Gasteiger partial charge in [-0.05, 0) is 28.8 Å². The zero-order chi connectivity index (χ0) is 12.9. The Balaban J connectivity index is 2.95. The molecule has 0 spiro atoms. The summed E-state index contributed by atoms with van der Waals surface area (Å²) in [5.41, 5.74) is 0.723. The van der Waals surface area contributed by atoms with Gasteiger partial charge >= 0.3 is 0 Å². The van der Waals surface area contributed by atoms with Crippen molar-refractivity contribution < 1.29 is 4.39 Å². The molecule has 0 bridgehead atoms. The molecule has 96 valence electrons. The van der Waals surface area contributed by atoms with Crippen LogP contribution >= 0.6 is 15.9 Å². The predicted molar refractivity (Wildman–Crippen MR) is 71.5 cm³/mol. The molecule has 0 aliphatic carbocycles. The van der Waals surface area contributed by atoms with Crippen LogP contribution < -0.4 is 0 Å². The fourth-order valence-corrected chi connectivity index (χ4v) is 2.68. The Kier molecular flexibility index (Phi) is 5.50. The maximum atomic E-state index is 13.4. The van der Waals surface area contributed by atoms with Crippen molar-refractivity contribution in [3.63, 3.8) is 0 Å². The van der Waals surface area contributed by atoms with Crippen molar-refractivity contribution in [2.45, 2.75) is 58.3 Å². The van der Waals surface area contributed by atoms with E-state index >= 15 is 0 Å². The third-order valence-corrected chi connectivity index (χ3v) is 4.13. The lowest BCUT2D eigenvalue weighted by Gasteiger charge is -2.28. The normalized spacial score (nSPS) is 14.6. The molecular weight excluding hydrogens is 283 g/mol. The van der Waals surface area contributed by atoms with Crippen LogP contribution in [0.25, 0.3) is 0 Å². The molecule has 0 aliphatic heterocycles. The highest BCUT2D eigenvalue weighted by atomic mass is 79.9. The van der Waals surface area contributed by atoms with E-state index < -0.39 is 5.95 Å². The molecular formula is C13H20BrFN2. The van der Waals surface area contributed by atoms with Crippen LogP contribution in [0, 0.1) is 5.95 Å². The summed E-state index contributed by atoms with van der Waals surface area (Å²) in [6.45, 7) is 6.46. The first-order valence-electron chi connectivity index (χ1n) is 6.21. The van der Waals surface area contributed by atoms with Gasteiger partial charge in [0.25, 0.3) is 0 Å². The molecule has 0 saturated carbocycles. The van der Waals surface area contributed by atoms with Crippen molar-refractivity contribution in [1.82, 2.24) is 9.97 Å². The molecule has 4 heteroatoms. The maximum absolute atomic E-state index is 13.4. The average Bonchev–Trinajstić information content (AvgIpc) is 2.33. The van der Waals surface area contributed by atoms with Crippen molar-refractivity contribution in [1.29, 1.82) is 0 Å². The van der Waals surface area contributed by atoms with Gasteiger partial charge in [-0.15, -0.1) is 0 Å². The average molecular weight is 303 g/mol. The molecule has 1 atom stereocenters. The van der Waals surface area contributed by atoms with E-state index in [0.29, 0.717) is 4.47 Å². The first-order chi connectivity index (χ1) is 8.05. The molecule has 1 heterocycles. The van der Waals surface area contributed by atoms with Gasteiger partial charge in [-0.1, -0.05) is 40.0 Å². The molecule has 0 saturated heterocycles. The summed E-state index contributed by atoms with van der Waals surface area (Å²) in [6.07, 6.45) is 6.85. The van der Waals surface area contributed by atoms with Crippen LogP contribution in [-0.2, 0) is 5.41 Å². The summed E-state index contributed by atoms with van der Waals surface area (Å²) >= 11 is 3.27. The standard InChI is InChI=1S/C13H20BrFN2/c1-4-6-7-8-13(3,5-2)11-10(14)12(15)17-9-16-11/h9H,4-8H2,1-3H3. The van der Waals surface area contributed by atoms with Crippen LogP contribution in [0.4, 0.5) is 4.39 Å². The number of hydrogen-bond donors (Lipinski definition) is 0. The first-order valence-corrected chi connectivity index (χ1v) is 7.01. The molecule has 2 nitrogen and oxygen atoms in total. The Morgan fingerprint density at radius 2 is 2.00 bits per heavy atom. The van der Waals surface area contributed by atoms with E-state index in [4.69, 9.17) is 0 Å². The van der Waals surface area contributed by atoms with Gasteiger partial charge in [-0.2, -0.15) is 4.39 Å². The van der Waals surface area contributed by atoms with Crippen molar-refractivity contribution in [2.24, 2.45) is 0 Å². The summed E-state index contributed by atoms with van der Waals surface area (Å²) in [6, 6.07) is 0. The highest BCUT2D eigenvalue weighted by Crippen LogP contribution is 2.36. The second-order valence-electron chi connectivity index (χ2n) is 4.70. The number of aromatic nitrogens is 2. The lowest BCUT2D eigenvalue weighted by molar-refractivity contribution is 0.381. The van der Waals surface area contributed by atoms with Gasteiger partial charge in [0.15, 0.2) is 0 Å². The van der Waals surface area contributed by atoms with E-state index in [-0.39, 0.29) is 5.41 Å². The second kappa shape index (κ2) is 6.43. The minimum absolute atomic E-state index is 0.0716. The van der Waals surface area contributed by atoms with Crippen LogP contribution in [0.15, 0.2) is 10.8 Å². The van der Waals surface area contributed by atoms with Gasteiger partial charge in [-0.3, -0.25) is 0 Å². The van der Waals surface area contributed by atoms with Crippen LogP contribution in [0.3, 0.4) is 0 Å².